The molecule has 5 nitrogen and oxygen atoms in total. The molecule has 1 unspecified atom stereocenters. The van der Waals surface area contributed by atoms with Crippen LogP contribution in [0, 0.1) is 11.6 Å². The van der Waals surface area contributed by atoms with Gasteiger partial charge in [0.15, 0.2) is 0 Å². The second-order valence-corrected chi connectivity index (χ2v) is 5.06. The molecular weight excluding hydrogens is 306 g/mol. The van der Waals surface area contributed by atoms with E-state index in [1.165, 1.54) is 18.3 Å². The van der Waals surface area contributed by atoms with E-state index < -0.39 is 17.5 Å². The lowest BCUT2D eigenvalue weighted by atomic mass is 10.2. The topological polar surface area (TPSA) is 60.5 Å². The fourth-order valence-electron chi connectivity index (χ4n) is 2.20. The molecule has 0 saturated carbocycles. The van der Waals surface area contributed by atoms with Crippen LogP contribution in [0.1, 0.15) is 16.8 Å². The number of nitrogens with zero attached hydrogens (tertiary/aromatic N) is 1. The van der Waals surface area contributed by atoms with Crippen molar-refractivity contribution in [2.75, 3.05) is 18.5 Å². The molecule has 7 heteroatoms. The molecule has 0 bridgehead atoms. The van der Waals surface area contributed by atoms with Crippen molar-refractivity contribution in [1.82, 2.24) is 4.98 Å². The van der Waals surface area contributed by atoms with Crippen LogP contribution in [-0.2, 0) is 4.74 Å². The molecule has 3 rings (SSSR count). The minimum Gasteiger partial charge on any atom is -0.472 e. The summed E-state index contributed by atoms with van der Waals surface area (Å²) in [6.45, 7) is 1.13. The first kappa shape index (κ1) is 15.4. The van der Waals surface area contributed by atoms with Crippen LogP contribution in [0.2, 0.25) is 0 Å². The largest absolute Gasteiger partial charge is 0.472 e. The van der Waals surface area contributed by atoms with Crippen molar-refractivity contribution in [3.63, 3.8) is 0 Å². The van der Waals surface area contributed by atoms with Crippen LogP contribution in [0.4, 0.5) is 14.5 Å². The quantitative estimate of drug-likeness (QED) is 0.941. The summed E-state index contributed by atoms with van der Waals surface area (Å²) in [5, 5.41) is 2.49. The van der Waals surface area contributed by atoms with Gasteiger partial charge in [0.25, 0.3) is 5.91 Å². The van der Waals surface area contributed by atoms with Crippen LogP contribution in [0.5, 0.6) is 5.88 Å². The Morgan fingerprint density at radius 3 is 2.96 bits per heavy atom. The molecule has 1 aromatic carbocycles. The van der Waals surface area contributed by atoms with E-state index in [0.29, 0.717) is 24.8 Å². The van der Waals surface area contributed by atoms with Crippen LogP contribution in [-0.4, -0.2) is 30.2 Å². The van der Waals surface area contributed by atoms with Crippen molar-refractivity contribution in [1.29, 1.82) is 0 Å². The van der Waals surface area contributed by atoms with Crippen LogP contribution in [0.15, 0.2) is 36.5 Å². The second-order valence-electron chi connectivity index (χ2n) is 5.06. The maximum atomic E-state index is 13.6. The molecule has 1 aromatic heterocycles. The van der Waals surface area contributed by atoms with Crippen molar-refractivity contribution in [3.8, 4) is 5.88 Å². The molecule has 0 aliphatic carbocycles. The molecule has 1 aliphatic heterocycles. The second kappa shape index (κ2) is 6.70. The highest BCUT2D eigenvalue weighted by molar-refractivity contribution is 6.04. The van der Waals surface area contributed by atoms with Gasteiger partial charge in [0.2, 0.25) is 5.88 Å². The number of anilines is 1. The van der Waals surface area contributed by atoms with E-state index in [1.807, 2.05) is 0 Å². The van der Waals surface area contributed by atoms with Crippen molar-refractivity contribution in [2.45, 2.75) is 12.5 Å². The van der Waals surface area contributed by atoms with Gasteiger partial charge < -0.3 is 14.8 Å². The van der Waals surface area contributed by atoms with Gasteiger partial charge in [-0.1, -0.05) is 0 Å². The zero-order valence-corrected chi connectivity index (χ0v) is 12.1. The summed E-state index contributed by atoms with van der Waals surface area (Å²) in [4.78, 5) is 16.1. The van der Waals surface area contributed by atoms with E-state index in [0.717, 1.165) is 24.6 Å². The first-order valence-corrected chi connectivity index (χ1v) is 7.08. The third kappa shape index (κ3) is 3.81. The predicted molar refractivity (Wildman–Crippen MR) is 78.4 cm³/mol. The lowest BCUT2D eigenvalue weighted by Crippen LogP contribution is -2.17. The van der Waals surface area contributed by atoms with Gasteiger partial charge in [-0.15, -0.1) is 0 Å². The lowest BCUT2D eigenvalue weighted by Gasteiger charge is -2.12. The third-order valence-electron chi connectivity index (χ3n) is 3.34. The van der Waals surface area contributed by atoms with E-state index in [2.05, 4.69) is 10.3 Å². The molecule has 1 atom stereocenters. The summed E-state index contributed by atoms with van der Waals surface area (Å²) in [6, 6.07) is 5.76. The number of hydrogen-bond acceptors (Lipinski definition) is 4. The van der Waals surface area contributed by atoms with Gasteiger partial charge in [0, 0.05) is 24.4 Å². The maximum Gasteiger partial charge on any atom is 0.258 e. The third-order valence-corrected chi connectivity index (χ3v) is 3.34. The highest BCUT2D eigenvalue weighted by atomic mass is 19.1. The summed E-state index contributed by atoms with van der Waals surface area (Å²) >= 11 is 0. The zero-order chi connectivity index (χ0) is 16.2. The van der Waals surface area contributed by atoms with Gasteiger partial charge in [-0.05, 0) is 24.3 Å². The van der Waals surface area contributed by atoms with Gasteiger partial charge >= 0.3 is 0 Å². The number of hydrogen-bond donors (Lipinski definition) is 1. The Morgan fingerprint density at radius 1 is 1.30 bits per heavy atom. The molecule has 2 heterocycles. The zero-order valence-electron chi connectivity index (χ0n) is 12.1. The average molecular weight is 320 g/mol. The van der Waals surface area contributed by atoms with Gasteiger partial charge in [0.05, 0.1) is 18.8 Å². The van der Waals surface area contributed by atoms with Crippen molar-refractivity contribution in [2.24, 2.45) is 0 Å². The normalized spacial score (nSPS) is 17.0. The number of aromatic nitrogens is 1. The highest BCUT2D eigenvalue weighted by Gasteiger charge is 2.18. The molecule has 120 valence electrons. The van der Waals surface area contributed by atoms with E-state index >= 15 is 0 Å². The van der Waals surface area contributed by atoms with E-state index in [-0.39, 0.29) is 11.7 Å². The number of carbonyl (C=O) groups is 1. The number of pyridine rings is 1. The van der Waals surface area contributed by atoms with Crippen molar-refractivity contribution < 1.29 is 23.0 Å². The molecule has 1 N–H and O–H groups in total. The SMILES string of the molecule is O=C(Nc1ccnc(OC2CCOC2)c1)c1cc(F)ccc1F. The Balaban J connectivity index is 1.72. The van der Waals surface area contributed by atoms with Crippen LogP contribution in [0.3, 0.4) is 0 Å². The fourth-order valence-corrected chi connectivity index (χ4v) is 2.20. The molecule has 0 spiro atoms. The summed E-state index contributed by atoms with van der Waals surface area (Å²) < 4.78 is 37.6. The Kier molecular flexibility index (Phi) is 4.47. The molecule has 1 amide bonds. The maximum absolute atomic E-state index is 13.6. The highest BCUT2D eigenvalue weighted by Crippen LogP contribution is 2.19. The number of halogens is 2. The number of carbonyl (C=O) groups excluding carboxylic acids is 1. The van der Waals surface area contributed by atoms with Crippen molar-refractivity contribution in [3.05, 3.63) is 53.7 Å². The number of ether oxygens (including phenoxy) is 2. The van der Waals surface area contributed by atoms with Crippen LogP contribution < -0.4 is 10.1 Å². The first-order valence-electron chi connectivity index (χ1n) is 7.08. The summed E-state index contributed by atoms with van der Waals surface area (Å²) in [5.41, 5.74) is 0.0102. The first-order chi connectivity index (χ1) is 11.1. The molecule has 1 aliphatic rings. The fraction of sp³-hybridized carbons (Fsp3) is 0.250. The summed E-state index contributed by atoms with van der Waals surface area (Å²) in [7, 11) is 0. The standard InChI is InChI=1S/C16H14F2N2O3/c17-10-1-2-14(18)13(7-10)16(21)20-11-3-5-19-15(8-11)23-12-4-6-22-9-12/h1-3,5,7-8,12H,4,6,9H2,(H,19,20,21). The van der Waals surface area contributed by atoms with Crippen molar-refractivity contribution >= 4 is 11.6 Å². The number of nitrogens with one attached hydrogen (secondary N) is 1. The average Bonchev–Trinajstić information content (AvgIpc) is 3.03. The van der Waals surface area contributed by atoms with Crippen LogP contribution in [0.25, 0.3) is 0 Å². The predicted octanol–water partition coefficient (Wildman–Crippen LogP) is 2.78. The molecule has 1 fully saturated rings. The Hall–Kier alpha value is -2.54. The van der Waals surface area contributed by atoms with Crippen LogP contribution >= 0.6 is 0 Å². The van der Waals surface area contributed by atoms with E-state index in [1.54, 1.807) is 0 Å². The van der Waals surface area contributed by atoms with Gasteiger partial charge in [-0.25, -0.2) is 13.8 Å². The Bertz CT molecular complexity index is 718. The molecule has 23 heavy (non-hydrogen) atoms. The summed E-state index contributed by atoms with van der Waals surface area (Å²) in [6.07, 6.45) is 2.16. The van der Waals surface area contributed by atoms with E-state index in [9.17, 15) is 13.6 Å². The van der Waals surface area contributed by atoms with E-state index in [4.69, 9.17) is 9.47 Å². The molecule has 1 saturated heterocycles. The smallest absolute Gasteiger partial charge is 0.258 e. The van der Waals surface area contributed by atoms with Gasteiger partial charge in [0.1, 0.15) is 17.7 Å². The molecular formula is C16H14F2N2O3. The van der Waals surface area contributed by atoms with Gasteiger partial charge in [-0.3, -0.25) is 4.79 Å². The number of benzene rings is 1. The Labute approximate surface area is 131 Å². The Morgan fingerprint density at radius 2 is 2.17 bits per heavy atom. The summed E-state index contributed by atoms with van der Waals surface area (Å²) in [5.74, 6) is -1.89. The van der Waals surface area contributed by atoms with Gasteiger partial charge in [-0.2, -0.15) is 0 Å². The lowest BCUT2D eigenvalue weighted by molar-refractivity contribution is 0.102. The minimum atomic E-state index is -0.794. The number of amides is 1. The molecule has 2 aromatic rings. The molecule has 0 radical (unpaired) electrons. The minimum absolute atomic E-state index is 0.0749. The number of rotatable bonds is 4. The monoisotopic (exact) mass is 320 g/mol.